The van der Waals surface area contributed by atoms with Gasteiger partial charge in [0.05, 0.1) is 13.0 Å². The Labute approximate surface area is 97.8 Å². The van der Waals surface area contributed by atoms with Gasteiger partial charge < -0.3 is 4.74 Å². The van der Waals surface area contributed by atoms with Gasteiger partial charge in [-0.15, -0.1) is 0 Å². The number of halogens is 1. The van der Waals surface area contributed by atoms with Crippen LogP contribution in [0.15, 0.2) is 28.7 Å². The van der Waals surface area contributed by atoms with Crippen molar-refractivity contribution in [3.05, 3.63) is 34.3 Å². The Hall–Kier alpha value is -0.830. The molecule has 1 saturated carbocycles. The standard InChI is InChI=1S/C12H13BrO2/c1-15-12(14)11-7-9(11)6-8-2-4-10(13)5-3-8/h2-5,9,11H,6-7H2,1H3/t9-,11+/m0/s1. The minimum absolute atomic E-state index is 0.0582. The highest BCUT2D eigenvalue weighted by molar-refractivity contribution is 9.10. The SMILES string of the molecule is COC(=O)[C@@H]1C[C@@H]1Cc1ccc(Br)cc1. The first-order chi connectivity index (χ1) is 7.20. The molecule has 2 rings (SSSR count). The van der Waals surface area contributed by atoms with Gasteiger partial charge in [-0.1, -0.05) is 28.1 Å². The van der Waals surface area contributed by atoms with Crippen LogP contribution in [-0.4, -0.2) is 13.1 Å². The number of rotatable bonds is 3. The highest BCUT2D eigenvalue weighted by atomic mass is 79.9. The zero-order valence-electron chi connectivity index (χ0n) is 8.57. The molecule has 0 radical (unpaired) electrons. The number of benzene rings is 1. The molecule has 3 heteroatoms. The Morgan fingerprint density at radius 2 is 2.13 bits per heavy atom. The molecule has 0 heterocycles. The molecule has 1 aromatic rings. The van der Waals surface area contributed by atoms with Gasteiger partial charge in [-0.25, -0.2) is 0 Å². The van der Waals surface area contributed by atoms with Crippen molar-refractivity contribution in [1.82, 2.24) is 0 Å². The monoisotopic (exact) mass is 268 g/mol. The highest BCUT2D eigenvalue weighted by Gasteiger charge is 2.43. The van der Waals surface area contributed by atoms with Crippen molar-refractivity contribution >= 4 is 21.9 Å². The van der Waals surface area contributed by atoms with Crippen molar-refractivity contribution in [3.8, 4) is 0 Å². The van der Waals surface area contributed by atoms with Gasteiger partial charge in [0, 0.05) is 4.47 Å². The van der Waals surface area contributed by atoms with Gasteiger partial charge in [0.2, 0.25) is 0 Å². The van der Waals surface area contributed by atoms with Crippen LogP contribution < -0.4 is 0 Å². The number of ether oxygens (including phenoxy) is 1. The Bertz CT molecular complexity index is 358. The van der Waals surface area contributed by atoms with E-state index < -0.39 is 0 Å². The van der Waals surface area contributed by atoms with Gasteiger partial charge in [0.25, 0.3) is 0 Å². The lowest BCUT2D eigenvalue weighted by Crippen LogP contribution is -2.05. The summed E-state index contributed by atoms with van der Waals surface area (Å²) in [6.07, 6.45) is 1.95. The lowest BCUT2D eigenvalue weighted by Gasteiger charge is -2.00. The Kier molecular flexibility index (Phi) is 3.10. The molecule has 0 aromatic heterocycles. The quantitative estimate of drug-likeness (QED) is 0.789. The fourth-order valence-electron chi connectivity index (χ4n) is 1.84. The first kappa shape index (κ1) is 10.7. The fraction of sp³-hybridized carbons (Fsp3) is 0.417. The Morgan fingerprint density at radius 3 is 2.73 bits per heavy atom. The number of carbonyl (C=O) groups is 1. The molecule has 2 nitrogen and oxygen atoms in total. The topological polar surface area (TPSA) is 26.3 Å². The van der Waals surface area contributed by atoms with E-state index in [2.05, 4.69) is 28.1 Å². The van der Waals surface area contributed by atoms with E-state index in [9.17, 15) is 4.79 Å². The van der Waals surface area contributed by atoms with Crippen LogP contribution in [0.4, 0.5) is 0 Å². The maximum Gasteiger partial charge on any atom is 0.308 e. The molecule has 0 bridgehead atoms. The smallest absolute Gasteiger partial charge is 0.308 e. The minimum Gasteiger partial charge on any atom is -0.469 e. The van der Waals surface area contributed by atoms with E-state index in [4.69, 9.17) is 4.74 Å². The van der Waals surface area contributed by atoms with Crippen LogP contribution in [0, 0.1) is 11.8 Å². The summed E-state index contributed by atoms with van der Waals surface area (Å²) in [7, 11) is 1.46. The van der Waals surface area contributed by atoms with E-state index in [0.717, 1.165) is 17.3 Å². The first-order valence-electron chi connectivity index (χ1n) is 5.03. The van der Waals surface area contributed by atoms with Gasteiger partial charge in [-0.2, -0.15) is 0 Å². The maximum atomic E-state index is 11.2. The molecule has 2 atom stereocenters. The highest BCUT2D eigenvalue weighted by Crippen LogP contribution is 2.41. The third-order valence-electron chi connectivity index (χ3n) is 2.84. The molecule has 15 heavy (non-hydrogen) atoms. The molecule has 0 N–H and O–H groups in total. The van der Waals surface area contributed by atoms with E-state index in [1.807, 2.05) is 12.1 Å². The van der Waals surface area contributed by atoms with Gasteiger partial charge in [0.1, 0.15) is 0 Å². The van der Waals surface area contributed by atoms with Crippen LogP contribution in [0.1, 0.15) is 12.0 Å². The summed E-state index contributed by atoms with van der Waals surface area (Å²) >= 11 is 3.40. The second-order valence-electron chi connectivity index (χ2n) is 3.96. The summed E-state index contributed by atoms with van der Waals surface area (Å²) in [4.78, 5) is 11.2. The normalized spacial score (nSPS) is 23.6. The number of hydrogen-bond donors (Lipinski definition) is 0. The van der Waals surface area contributed by atoms with Crippen molar-refractivity contribution < 1.29 is 9.53 Å². The largest absolute Gasteiger partial charge is 0.469 e. The second kappa shape index (κ2) is 4.35. The summed E-state index contributed by atoms with van der Waals surface area (Å²) in [5.74, 6) is 0.564. The first-order valence-corrected chi connectivity index (χ1v) is 5.82. The van der Waals surface area contributed by atoms with Gasteiger partial charge in [-0.05, 0) is 36.5 Å². The second-order valence-corrected chi connectivity index (χ2v) is 4.87. The molecule has 1 fully saturated rings. The predicted octanol–water partition coefficient (Wildman–Crippen LogP) is 2.80. The molecule has 0 spiro atoms. The van der Waals surface area contributed by atoms with E-state index in [1.165, 1.54) is 12.7 Å². The third-order valence-corrected chi connectivity index (χ3v) is 3.37. The third kappa shape index (κ3) is 2.59. The summed E-state index contributed by atoms with van der Waals surface area (Å²) in [6, 6.07) is 8.25. The number of carbonyl (C=O) groups excluding carboxylic acids is 1. The molecular formula is C12H13BrO2. The van der Waals surface area contributed by atoms with E-state index in [-0.39, 0.29) is 11.9 Å². The lowest BCUT2D eigenvalue weighted by molar-refractivity contribution is -0.142. The van der Waals surface area contributed by atoms with E-state index in [0.29, 0.717) is 5.92 Å². The van der Waals surface area contributed by atoms with E-state index in [1.54, 1.807) is 0 Å². The van der Waals surface area contributed by atoms with Gasteiger partial charge in [-0.3, -0.25) is 4.79 Å². The Morgan fingerprint density at radius 1 is 1.47 bits per heavy atom. The molecule has 0 unspecified atom stereocenters. The number of methoxy groups -OCH3 is 1. The molecule has 1 aliphatic carbocycles. The minimum atomic E-state index is -0.0582. The van der Waals surface area contributed by atoms with Crippen LogP contribution in [0.3, 0.4) is 0 Å². The average molecular weight is 269 g/mol. The molecule has 1 aliphatic rings. The fourth-order valence-corrected chi connectivity index (χ4v) is 2.10. The van der Waals surface area contributed by atoms with Crippen LogP contribution in [0.5, 0.6) is 0 Å². The summed E-state index contributed by atoms with van der Waals surface area (Å²) in [5.41, 5.74) is 1.29. The van der Waals surface area contributed by atoms with Crippen molar-refractivity contribution in [2.24, 2.45) is 11.8 Å². The van der Waals surface area contributed by atoms with Crippen molar-refractivity contribution in [2.75, 3.05) is 7.11 Å². The van der Waals surface area contributed by atoms with Crippen LogP contribution in [0.2, 0.25) is 0 Å². The van der Waals surface area contributed by atoms with Crippen molar-refractivity contribution in [3.63, 3.8) is 0 Å². The molecule has 0 amide bonds. The molecule has 0 saturated heterocycles. The maximum absolute atomic E-state index is 11.2. The lowest BCUT2D eigenvalue weighted by atomic mass is 10.1. The number of hydrogen-bond acceptors (Lipinski definition) is 2. The number of esters is 1. The zero-order valence-corrected chi connectivity index (χ0v) is 10.2. The summed E-state index contributed by atoms with van der Waals surface area (Å²) in [6.45, 7) is 0. The van der Waals surface area contributed by atoms with Gasteiger partial charge in [0.15, 0.2) is 0 Å². The summed E-state index contributed by atoms with van der Waals surface area (Å²) < 4.78 is 5.80. The van der Waals surface area contributed by atoms with Crippen LogP contribution in [0.25, 0.3) is 0 Å². The van der Waals surface area contributed by atoms with E-state index >= 15 is 0 Å². The van der Waals surface area contributed by atoms with Gasteiger partial charge >= 0.3 is 5.97 Å². The molecule has 1 aromatic carbocycles. The summed E-state index contributed by atoms with van der Waals surface area (Å²) in [5, 5.41) is 0. The van der Waals surface area contributed by atoms with Crippen LogP contribution >= 0.6 is 15.9 Å². The van der Waals surface area contributed by atoms with Crippen LogP contribution in [-0.2, 0) is 16.0 Å². The van der Waals surface area contributed by atoms with Crippen molar-refractivity contribution in [2.45, 2.75) is 12.8 Å². The molecular weight excluding hydrogens is 256 g/mol. The average Bonchev–Trinajstić information content (AvgIpc) is 3.00. The predicted molar refractivity (Wildman–Crippen MR) is 61.5 cm³/mol. The van der Waals surface area contributed by atoms with Crippen molar-refractivity contribution in [1.29, 1.82) is 0 Å². The Balaban J connectivity index is 1.90. The zero-order chi connectivity index (χ0) is 10.8. The molecule has 80 valence electrons. The molecule has 0 aliphatic heterocycles.